The summed E-state index contributed by atoms with van der Waals surface area (Å²) < 4.78 is 16.9. The molecule has 0 spiro atoms. The molecule has 0 aliphatic rings. The smallest absolute Gasteiger partial charge is 0.343 e. The third-order valence-electron chi connectivity index (χ3n) is 3.75. The minimum Gasteiger partial charge on any atom is -0.493 e. The number of carbonyl (C=O) groups excluding carboxylic acids is 2. The first kappa shape index (κ1) is 18.7. The lowest BCUT2D eigenvalue weighted by Gasteiger charge is -2.11. The summed E-state index contributed by atoms with van der Waals surface area (Å²) in [4.78, 5) is 23.3. The summed E-state index contributed by atoms with van der Waals surface area (Å²) in [7, 11) is 1.43. The number of benzene rings is 3. The summed E-state index contributed by atoms with van der Waals surface area (Å²) in [5.41, 5.74) is 5.35. The van der Waals surface area contributed by atoms with Crippen LogP contribution in [0.4, 0.5) is 0 Å². The van der Waals surface area contributed by atoms with Crippen molar-refractivity contribution in [2.24, 2.45) is 5.73 Å². The molecule has 138 valence electrons. The Kier molecular flexibility index (Phi) is 5.61. The van der Waals surface area contributed by atoms with Gasteiger partial charge >= 0.3 is 5.97 Å². The van der Waals surface area contributed by atoms with E-state index in [2.05, 4.69) is 15.9 Å². The molecule has 3 rings (SSSR count). The molecule has 0 saturated heterocycles. The van der Waals surface area contributed by atoms with Gasteiger partial charge in [-0.05, 0) is 53.2 Å². The standard InChI is InChI=1S/C20H16BrNO5/c1-25-18-10-14(4-7-17(18)26-11-19(22)23)20(24)27-16-6-3-12-8-15(21)5-2-13(12)9-16/h2-10H,11H2,1H3,(H2,22,23). The van der Waals surface area contributed by atoms with Crippen LogP contribution < -0.4 is 19.9 Å². The van der Waals surface area contributed by atoms with Crippen LogP contribution in [0.15, 0.2) is 59.1 Å². The fraction of sp³-hybridized carbons (Fsp3) is 0.100. The van der Waals surface area contributed by atoms with Crippen LogP contribution in [0.25, 0.3) is 10.8 Å². The van der Waals surface area contributed by atoms with Crippen molar-refractivity contribution < 1.29 is 23.8 Å². The van der Waals surface area contributed by atoms with Crippen molar-refractivity contribution in [1.29, 1.82) is 0 Å². The minimum absolute atomic E-state index is 0.284. The normalized spacial score (nSPS) is 10.4. The lowest BCUT2D eigenvalue weighted by molar-refractivity contribution is -0.119. The van der Waals surface area contributed by atoms with E-state index >= 15 is 0 Å². The van der Waals surface area contributed by atoms with E-state index in [0.29, 0.717) is 17.2 Å². The fourth-order valence-electron chi connectivity index (χ4n) is 2.49. The number of amides is 1. The molecule has 7 heteroatoms. The van der Waals surface area contributed by atoms with E-state index in [4.69, 9.17) is 19.9 Å². The van der Waals surface area contributed by atoms with Gasteiger partial charge in [-0.2, -0.15) is 0 Å². The van der Waals surface area contributed by atoms with Crippen LogP contribution in [0.3, 0.4) is 0 Å². The molecule has 3 aromatic rings. The average molecular weight is 430 g/mol. The summed E-state index contributed by atoms with van der Waals surface area (Å²) >= 11 is 3.43. The van der Waals surface area contributed by atoms with Crippen molar-refractivity contribution in [3.8, 4) is 17.2 Å². The van der Waals surface area contributed by atoms with E-state index in [1.165, 1.54) is 25.3 Å². The first-order valence-corrected chi connectivity index (χ1v) is 8.76. The number of methoxy groups -OCH3 is 1. The van der Waals surface area contributed by atoms with Crippen LogP contribution >= 0.6 is 15.9 Å². The van der Waals surface area contributed by atoms with Crippen molar-refractivity contribution in [2.45, 2.75) is 0 Å². The Morgan fingerprint density at radius 3 is 2.44 bits per heavy atom. The number of esters is 1. The van der Waals surface area contributed by atoms with Crippen LogP contribution in [0, 0.1) is 0 Å². The summed E-state index contributed by atoms with van der Waals surface area (Å²) in [6, 6.07) is 15.8. The van der Waals surface area contributed by atoms with Crippen molar-refractivity contribution in [2.75, 3.05) is 13.7 Å². The van der Waals surface area contributed by atoms with Gasteiger partial charge in [-0.15, -0.1) is 0 Å². The number of rotatable bonds is 6. The monoisotopic (exact) mass is 429 g/mol. The number of carbonyl (C=O) groups is 2. The molecule has 0 aliphatic heterocycles. The Hall–Kier alpha value is -3.06. The Balaban J connectivity index is 1.79. The van der Waals surface area contributed by atoms with Gasteiger partial charge in [-0.25, -0.2) is 4.79 Å². The van der Waals surface area contributed by atoms with Crippen LogP contribution in [0.5, 0.6) is 17.2 Å². The van der Waals surface area contributed by atoms with Crippen molar-refractivity contribution in [3.63, 3.8) is 0 Å². The molecule has 0 fully saturated rings. The molecule has 0 unspecified atom stereocenters. The SMILES string of the molecule is COc1cc(C(=O)Oc2ccc3cc(Br)ccc3c2)ccc1OCC(N)=O. The van der Waals surface area contributed by atoms with E-state index < -0.39 is 11.9 Å². The summed E-state index contributed by atoms with van der Waals surface area (Å²) in [6.45, 7) is -0.284. The first-order chi connectivity index (χ1) is 13.0. The van der Waals surface area contributed by atoms with Gasteiger partial charge in [0.1, 0.15) is 5.75 Å². The summed E-state index contributed by atoms with van der Waals surface area (Å²) in [5, 5.41) is 1.98. The molecule has 0 bridgehead atoms. The predicted molar refractivity (Wildman–Crippen MR) is 104 cm³/mol. The second kappa shape index (κ2) is 8.09. The molecule has 0 heterocycles. The molecule has 2 N–H and O–H groups in total. The molecule has 3 aromatic carbocycles. The lowest BCUT2D eigenvalue weighted by Crippen LogP contribution is -2.20. The zero-order valence-electron chi connectivity index (χ0n) is 14.4. The third kappa shape index (κ3) is 4.57. The van der Waals surface area contributed by atoms with Crippen LogP contribution in [0.1, 0.15) is 10.4 Å². The van der Waals surface area contributed by atoms with Gasteiger partial charge < -0.3 is 19.9 Å². The largest absolute Gasteiger partial charge is 0.493 e. The van der Waals surface area contributed by atoms with Crippen LogP contribution in [-0.2, 0) is 4.79 Å². The maximum atomic E-state index is 12.4. The van der Waals surface area contributed by atoms with Crippen LogP contribution in [0.2, 0.25) is 0 Å². The summed E-state index contributed by atoms with van der Waals surface area (Å²) in [5.74, 6) is -0.101. The molecular weight excluding hydrogens is 414 g/mol. The Labute approximate surface area is 164 Å². The van der Waals surface area contributed by atoms with E-state index in [1.54, 1.807) is 12.1 Å². The van der Waals surface area contributed by atoms with Gasteiger partial charge in [-0.1, -0.05) is 28.1 Å². The number of primary amides is 1. The number of nitrogens with two attached hydrogens (primary N) is 1. The highest BCUT2D eigenvalue weighted by Gasteiger charge is 2.14. The van der Waals surface area contributed by atoms with Crippen molar-refractivity contribution in [3.05, 3.63) is 64.6 Å². The minimum atomic E-state index is -0.608. The first-order valence-electron chi connectivity index (χ1n) is 7.97. The molecule has 27 heavy (non-hydrogen) atoms. The third-order valence-corrected chi connectivity index (χ3v) is 4.25. The molecular formula is C20H16BrNO5. The second-order valence-corrected chi connectivity index (χ2v) is 6.58. The molecule has 0 radical (unpaired) electrons. The molecule has 0 saturated carbocycles. The molecule has 0 atom stereocenters. The molecule has 6 nitrogen and oxygen atoms in total. The number of fused-ring (bicyclic) bond motifs is 1. The van der Waals surface area contributed by atoms with Gasteiger partial charge in [0.2, 0.25) is 0 Å². The number of hydrogen-bond acceptors (Lipinski definition) is 5. The summed E-state index contributed by atoms with van der Waals surface area (Å²) in [6.07, 6.45) is 0. The molecule has 0 aromatic heterocycles. The van der Waals surface area contributed by atoms with E-state index in [-0.39, 0.29) is 12.2 Å². The fourth-order valence-corrected chi connectivity index (χ4v) is 2.87. The van der Waals surface area contributed by atoms with Crippen molar-refractivity contribution >= 4 is 38.6 Å². The number of ether oxygens (including phenoxy) is 3. The van der Waals surface area contributed by atoms with Gasteiger partial charge in [-0.3, -0.25) is 4.79 Å². The Morgan fingerprint density at radius 1 is 0.963 bits per heavy atom. The topological polar surface area (TPSA) is 87.8 Å². The van der Waals surface area contributed by atoms with Gasteiger partial charge in [0.05, 0.1) is 12.7 Å². The average Bonchev–Trinajstić information content (AvgIpc) is 2.66. The highest BCUT2D eigenvalue weighted by molar-refractivity contribution is 9.10. The zero-order chi connectivity index (χ0) is 19.4. The zero-order valence-corrected chi connectivity index (χ0v) is 16.0. The van der Waals surface area contributed by atoms with Crippen LogP contribution in [-0.4, -0.2) is 25.6 Å². The Morgan fingerprint density at radius 2 is 1.70 bits per heavy atom. The molecule has 1 amide bonds. The van der Waals surface area contributed by atoms with Gasteiger partial charge in [0.15, 0.2) is 18.1 Å². The lowest BCUT2D eigenvalue weighted by atomic mass is 10.1. The van der Waals surface area contributed by atoms with Gasteiger partial charge in [0, 0.05) is 4.47 Å². The number of halogens is 1. The van der Waals surface area contributed by atoms with E-state index in [0.717, 1.165) is 15.2 Å². The maximum absolute atomic E-state index is 12.4. The quantitative estimate of drug-likeness (QED) is 0.476. The second-order valence-electron chi connectivity index (χ2n) is 5.66. The molecule has 0 aliphatic carbocycles. The highest BCUT2D eigenvalue weighted by atomic mass is 79.9. The predicted octanol–water partition coefficient (Wildman–Crippen LogP) is 3.69. The highest BCUT2D eigenvalue weighted by Crippen LogP contribution is 2.29. The van der Waals surface area contributed by atoms with E-state index in [1.807, 2.05) is 24.3 Å². The van der Waals surface area contributed by atoms with E-state index in [9.17, 15) is 9.59 Å². The maximum Gasteiger partial charge on any atom is 0.343 e. The van der Waals surface area contributed by atoms with Crippen molar-refractivity contribution in [1.82, 2.24) is 0 Å². The van der Waals surface area contributed by atoms with Gasteiger partial charge in [0.25, 0.3) is 5.91 Å². The Bertz CT molecular complexity index is 1020. The number of hydrogen-bond donors (Lipinski definition) is 1.